The molecule has 0 radical (unpaired) electrons. The lowest BCUT2D eigenvalue weighted by Crippen LogP contribution is -2.15. The smallest absolute Gasteiger partial charge is 0.300 e. The molecule has 0 aliphatic heterocycles. The van der Waals surface area contributed by atoms with E-state index in [0.717, 1.165) is 12.3 Å². The molecule has 0 atom stereocenters. The second-order valence-corrected chi connectivity index (χ2v) is 4.35. The second kappa shape index (κ2) is 5.71. The lowest BCUT2D eigenvalue weighted by atomic mass is 10.2. The minimum absolute atomic E-state index is 0.0719. The number of carbonyl (C=O) groups excluding carboxylic acids is 1. The fourth-order valence-electron chi connectivity index (χ4n) is 1.58. The number of nitrogens with one attached hydrogen (secondary N) is 1. The maximum absolute atomic E-state index is 13.7. The van der Waals surface area contributed by atoms with Gasteiger partial charge in [0.25, 0.3) is 11.6 Å². The predicted octanol–water partition coefficient (Wildman–Crippen LogP) is 2.62. The Balaban J connectivity index is 2.39. The molecule has 21 heavy (non-hydrogen) atoms. The molecule has 9 heteroatoms. The molecular weight excluding hydrogens is 303 g/mol. The monoisotopic (exact) mass is 310 g/mol. The van der Waals surface area contributed by atoms with Crippen LogP contribution in [-0.2, 0) is 0 Å². The quantitative estimate of drug-likeness (QED) is 0.668. The summed E-state index contributed by atoms with van der Waals surface area (Å²) in [7, 11) is 0. The summed E-state index contributed by atoms with van der Waals surface area (Å²) in [6.45, 7) is 0. The number of halogens is 2. The minimum Gasteiger partial charge on any atom is -0.384 e. The Morgan fingerprint density at radius 3 is 2.86 bits per heavy atom. The summed E-state index contributed by atoms with van der Waals surface area (Å²) in [6.07, 6.45) is 0.860. The largest absolute Gasteiger partial charge is 0.384 e. The molecule has 0 spiro atoms. The summed E-state index contributed by atoms with van der Waals surface area (Å²) in [5.41, 5.74) is 4.34. The van der Waals surface area contributed by atoms with Crippen molar-refractivity contribution in [2.24, 2.45) is 0 Å². The van der Waals surface area contributed by atoms with E-state index in [0.29, 0.717) is 0 Å². The Kier molecular flexibility index (Phi) is 3.99. The van der Waals surface area contributed by atoms with E-state index in [1.165, 1.54) is 18.2 Å². The van der Waals surface area contributed by atoms with E-state index >= 15 is 0 Å². The van der Waals surface area contributed by atoms with Crippen LogP contribution in [0.2, 0.25) is 5.02 Å². The van der Waals surface area contributed by atoms with Gasteiger partial charge in [-0.15, -0.1) is 0 Å². The van der Waals surface area contributed by atoms with Gasteiger partial charge in [-0.25, -0.2) is 9.37 Å². The molecule has 2 rings (SSSR count). The van der Waals surface area contributed by atoms with Gasteiger partial charge in [-0.05, 0) is 18.2 Å². The summed E-state index contributed by atoms with van der Waals surface area (Å²) in [5, 5.41) is 12.9. The Morgan fingerprint density at radius 1 is 1.48 bits per heavy atom. The van der Waals surface area contributed by atoms with Crippen LogP contribution < -0.4 is 11.1 Å². The lowest BCUT2D eigenvalue weighted by Gasteiger charge is -2.08. The molecule has 1 amide bonds. The molecule has 2 aromatic rings. The van der Waals surface area contributed by atoms with Crippen LogP contribution in [0.25, 0.3) is 0 Å². The van der Waals surface area contributed by atoms with Crippen LogP contribution in [0.1, 0.15) is 10.4 Å². The van der Waals surface area contributed by atoms with Crippen molar-refractivity contribution in [2.75, 3.05) is 11.1 Å². The van der Waals surface area contributed by atoms with E-state index in [1.54, 1.807) is 0 Å². The third-order valence-corrected chi connectivity index (χ3v) is 2.84. The molecule has 1 aromatic carbocycles. The molecule has 7 nitrogen and oxygen atoms in total. The number of nitrogens with two attached hydrogens (primary N) is 1. The van der Waals surface area contributed by atoms with Crippen molar-refractivity contribution in [1.82, 2.24) is 4.98 Å². The van der Waals surface area contributed by atoms with Crippen LogP contribution in [0.15, 0.2) is 30.5 Å². The van der Waals surface area contributed by atoms with E-state index in [1.807, 2.05) is 0 Å². The van der Waals surface area contributed by atoms with Crippen LogP contribution in [-0.4, -0.2) is 15.8 Å². The topological polar surface area (TPSA) is 111 Å². The number of nitrogens with zero attached hydrogens (tertiary/aromatic N) is 2. The maximum Gasteiger partial charge on any atom is 0.300 e. The summed E-state index contributed by atoms with van der Waals surface area (Å²) < 4.78 is 13.7. The van der Waals surface area contributed by atoms with Gasteiger partial charge in [0.05, 0.1) is 15.6 Å². The van der Waals surface area contributed by atoms with E-state index in [2.05, 4.69) is 10.3 Å². The minimum atomic E-state index is -0.892. The Labute approximate surface area is 122 Å². The number of carbonyl (C=O) groups is 1. The number of amides is 1. The summed E-state index contributed by atoms with van der Waals surface area (Å²) in [6, 6.07) is 5.04. The number of pyridine rings is 1. The fourth-order valence-corrected chi connectivity index (χ4v) is 1.76. The van der Waals surface area contributed by atoms with Crippen LogP contribution in [0.5, 0.6) is 0 Å². The number of aromatic nitrogens is 1. The normalized spacial score (nSPS) is 10.2. The van der Waals surface area contributed by atoms with Crippen LogP contribution in [0.3, 0.4) is 0 Å². The van der Waals surface area contributed by atoms with Crippen molar-refractivity contribution in [1.29, 1.82) is 0 Å². The summed E-state index contributed by atoms with van der Waals surface area (Å²) >= 11 is 5.59. The molecule has 0 bridgehead atoms. The van der Waals surface area contributed by atoms with Crippen molar-refractivity contribution in [2.45, 2.75) is 0 Å². The van der Waals surface area contributed by atoms with Gasteiger partial charge in [-0.1, -0.05) is 17.7 Å². The number of anilines is 2. The average molecular weight is 311 g/mol. The van der Waals surface area contributed by atoms with Crippen LogP contribution in [0, 0.1) is 15.9 Å². The van der Waals surface area contributed by atoms with Crippen molar-refractivity contribution < 1.29 is 14.1 Å². The lowest BCUT2D eigenvalue weighted by molar-refractivity contribution is -0.385. The highest BCUT2D eigenvalue weighted by Crippen LogP contribution is 2.24. The van der Waals surface area contributed by atoms with Gasteiger partial charge in [0, 0.05) is 0 Å². The molecule has 1 aromatic heterocycles. The fraction of sp³-hybridized carbons (Fsp3) is 0. The van der Waals surface area contributed by atoms with Gasteiger partial charge in [-0.3, -0.25) is 14.9 Å². The zero-order valence-corrected chi connectivity index (χ0v) is 11.1. The van der Waals surface area contributed by atoms with Gasteiger partial charge in [0.15, 0.2) is 5.82 Å². The van der Waals surface area contributed by atoms with E-state index in [4.69, 9.17) is 17.3 Å². The molecule has 0 fully saturated rings. The Morgan fingerprint density at radius 2 is 2.19 bits per heavy atom. The zero-order valence-electron chi connectivity index (χ0n) is 10.3. The van der Waals surface area contributed by atoms with E-state index in [9.17, 15) is 19.3 Å². The Bertz CT molecular complexity index is 738. The first-order chi connectivity index (χ1) is 9.90. The molecule has 0 saturated heterocycles. The number of nitrogen functional groups attached to an aromatic ring is 1. The average Bonchev–Trinajstić information content (AvgIpc) is 2.43. The molecule has 0 unspecified atom stereocenters. The molecule has 3 N–H and O–H groups in total. The molecule has 1 heterocycles. The van der Waals surface area contributed by atoms with Crippen molar-refractivity contribution in [3.8, 4) is 0 Å². The van der Waals surface area contributed by atoms with Gasteiger partial charge in [0.1, 0.15) is 17.6 Å². The third kappa shape index (κ3) is 3.06. The third-order valence-electron chi connectivity index (χ3n) is 2.55. The molecule has 0 aliphatic rings. The van der Waals surface area contributed by atoms with Gasteiger partial charge >= 0.3 is 0 Å². The molecule has 0 aliphatic carbocycles. The van der Waals surface area contributed by atoms with Crippen molar-refractivity contribution >= 4 is 34.7 Å². The number of benzene rings is 1. The summed E-state index contributed by atoms with van der Waals surface area (Å²) in [5.74, 6) is -1.80. The maximum atomic E-state index is 13.7. The Hall–Kier alpha value is -2.74. The highest BCUT2D eigenvalue weighted by molar-refractivity contribution is 6.31. The molecule has 108 valence electrons. The summed E-state index contributed by atoms with van der Waals surface area (Å²) in [4.78, 5) is 25.7. The highest BCUT2D eigenvalue weighted by Gasteiger charge is 2.22. The van der Waals surface area contributed by atoms with Crippen molar-refractivity contribution in [3.63, 3.8) is 0 Å². The standard InChI is InChI=1S/C12H8ClFN4O3/c13-7-2-1-3-8(11(7)14)17-12(19)6-4-10(15)16-5-9(6)18(20)21/h1-5H,(H2,15,16)(H,17,19). The predicted molar refractivity (Wildman–Crippen MR) is 74.7 cm³/mol. The second-order valence-electron chi connectivity index (χ2n) is 3.94. The highest BCUT2D eigenvalue weighted by atomic mass is 35.5. The number of nitro groups is 1. The first-order valence-corrected chi connectivity index (χ1v) is 5.93. The SMILES string of the molecule is Nc1cc(C(=O)Nc2cccc(Cl)c2F)c([N+](=O)[O-])cn1. The zero-order chi connectivity index (χ0) is 15.6. The molecule has 0 saturated carbocycles. The number of hydrogen-bond donors (Lipinski definition) is 2. The first kappa shape index (κ1) is 14.7. The number of hydrogen-bond acceptors (Lipinski definition) is 5. The van der Waals surface area contributed by atoms with Gasteiger partial charge in [0.2, 0.25) is 0 Å². The van der Waals surface area contributed by atoms with E-state index in [-0.39, 0.29) is 22.1 Å². The number of rotatable bonds is 3. The van der Waals surface area contributed by atoms with E-state index < -0.39 is 22.3 Å². The van der Waals surface area contributed by atoms with Crippen LogP contribution in [0.4, 0.5) is 21.6 Å². The van der Waals surface area contributed by atoms with Gasteiger partial charge < -0.3 is 11.1 Å². The van der Waals surface area contributed by atoms with Crippen LogP contribution >= 0.6 is 11.6 Å². The van der Waals surface area contributed by atoms with Gasteiger partial charge in [-0.2, -0.15) is 0 Å². The van der Waals surface area contributed by atoms with Crippen molar-refractivity contribution in [3.05, 3.63) is 57.0 Å². The first-order valence-electron chi connectivity index (χ1n) is 5.55. The molecular formula is C12H8ClFN4O3.